The summed E-state index contributed by atoms with van der Waals surface area (Å²) >= 11 is 0. The van der Waals surface area contributed by atoms with Crippen molar-refractivity contribution in [3.63, 3.8) is 0 Å². The van der Waals surface area contributed by atoms with E-state index in [-0.39, 0.29) is 17.6 Å². The highest BCUT2D eigenvalue weighted by Gasteiger charge is 2.37. The van der Waals surface area contributed by atoms with E-state index in [1.165, 1.54) is 17.3 Å². The van der Waals surface area contributed by atoms with E-state index in [1.807, 2.05) is 4.90 Å². The molecule has 3 aliphatic heterocycles. The third kappa shape index (κ3) is 4.65. The Morgan fingerprint density at radius 1 is 1.07 bits per heavy atom. The van der Waals surface area contributed by atoms with Gasteiger partial charge in [0.25, 0.3) is 0 Å². The highest BCUT2D eigenvalue weighted by Crippen LogP contribution is 2.28. The molecular weight excluding hydrogens is 402 g/mol. The predicted molar refractivity (Wildman–Crippen MR) is 100 cm³/mol. The number of piperidine rings is 1. The molecule has 11 nitrogen and oxygen atoms in total. The summed E-state index contributed by atoms with van der Waals surface area (Å²) in [7, 11) is -4.60. The minimum atomic E-state index is -4.60. The van der Waals surface area contributed by atoms with Crippen molar-refractivity contribution in [2.75, 3.05) is 37.6 Å². The third-order valence-corrected chi connectivity index (χ3v) is 6.10. The van der Waals surface area contributed by atoms with Crippen LogP contribution in [0.15, 0.2) is 12.4 Å². The minimum Gasteiger partial charge on any atom is -0.358 e. The van der Waals surface area contributed by atoms with Gasteiger partial charge < -0.3 is 9.08 Å². The zero-order valence-corrected chi connectivity index (χ0v) is 16.6. The van der Waals surface area contributed by atoms with Crippen molar-refractivity contribution in [2.45, 2.75) is 31.7 Å². The maximum Gasteiger partial charge on any atom is 0.446 e. The summed E-state index contributed by atoms with van der Waals surface area (Å²) in [6, 6.07) is 0.335. The van der Waals surface area contributed by atoms with Gasteiger partial charge in [-0.1, -0.05) is 0 Å². The maximum atomic E-state index is 11.9. The van der Waals surface area contributed by atoms with Crippen LogP contribution in [0, 0.1) is 5.92 Å². The second-order valence-corrected chi connectivity index (χ2v) is 8.69. The van der Waals surface area contributed by atoms with Crippen molar-refractivity contribution < 1.29 is 26.7 Å². The molecule has 29 heavy (non-hydrogen) atoms. The molecule has 0 saturated carbocycles. The summed E-state index contributed by atoms with van der Waals surface area (Å²) in [6.45, 7) is 3.65. The predicted octanol–water partition coefficient (Wildman–Crippen LogP) is -0.292. The molecule has 3 aliphatic rings. The number of hydrogen-bond donors (Lipinski definition) is 1. The van der Waals surface area contributed by atoms with Crippen molar-refractivity contribution >= 4 is 28.2 Å². The first kappa shape index (κ1) is 20.0. The van der Waals surface area contributed by atoms with Gasteiger partial charge in [0.2, 0.25) is 17.8 Å². The Bertz CT molecular complexity index is 876. The van der Waals surface area contributed by atoms with Crippen molar-refractivity contribution in [2.24, 2.45) is 5.92 Å². The molecule has 3 fully saturated rings. The van der Waals surface area contributed by atoms with Gasteiger partial charge in [0.1, 0.15) is 0 Å². The van der Waals surface area contributed by atoms with Gasteiger partial charge in [0.15, 0.2) is 5.75 Å². The Kier molecular flexibility index (Phi) is 5.40. The number of nitrogens with zero attached hydrogens (tertiary/aromatic N) is 5. The largest absolute Gasteiger partial charge is 0.446 e. The van der Waals surface area contributed by atoms with Crippen molar-refractivity contribution in [3.8, 4) is 5.75 Å². The number of fused-ring (bicyclic) bond motifs is 1. The molecule has 1 aromatic heterocycles. The Morgan fingerprint density at radius 3 is 2.41 bits per heavy atom. The Hall–Kier alpha value is -2.31. The van der Waals surface area contributed by atoms with Gasteiger partial charge in [0.05, 0.1) is 12.4 Å². The molecule has 2 amide bonds. The van der Waals surface area contributed by atoms with Gasteiger partial charge in [-0.15, -0.1) is 0 Å². The van der Waals surface area contributed by atoms with Crippen LogP contribution in [0.1, 0.15) is 25.7 Å². The van der Waals surface area contributed by atoms with E-state index in [1.54, 1.807) is 0 Å². The zero-order chi connectivity index (χ0) is 20.6. The lowest BCUT2D eigenvalue weighted by atomic mass is 9.90. The van der Waals surface area contributed by atoms with Gasteiger partial charge in [-0.3, -0.25) is 23.9 Å². The van der Waals surface area contributed by atoms with Crippen molar-refractivity contribution in [3.05, 3.63) is 12.4 Å². The lowest BCUT2D eigenvalue weighted by Crippen LogP contribution is -2.57. The van der Waals surface area contributed by atoms with Crippen LogP contribution in [0.5, 0.6) is 5.75 Å². The Morgan fingerprint density at radius 2 is 1.76 bits per heavy atom. The molecule has 4 heterocycles. The summed E-state index contributed by atoms with van der Waals surface area (Å²) in [5, 5.41) is 0. The fourth-order valence-corrected chi connectivity index (χ4v) is 4.64. The monoisotopic (exact) mass is 425 g/mol. The second-order valence-electron chi connectivity index (χ2n) is 7.67. The Balaban J connectivity index is 1.32. The SMILES string of the molecule is O=C1CCC(=O)N1C[C@H]1CC[C@H]2CN(c3ncc(OS(=O)(=O)O)cn3)CCN2C1. The van der Waals surface area contributed by atoms with Gasteiger partial charge in [-0.05, 0) is 18.8 Å². The van der Waals surface area contributed by atoms with E-state index in [2.05, 4.69) is 19.1 Å². The minimum absolute atomic E-state index is 0.0551. The molecule has 0 aliphatic carbocycles. The Labute approximate surface area is 168 Å². The smallest absolute Gasteiger partial charge is 0.358 e. The first-order valence-corrected chi connectivity index (χ1v) is 11.0. The number of piperazine rings is 1. The van der Waals surface area contributed by atoms with E-state index in [9.17, 15) is 18.0 Å². The summed E-state index contributed by atoms with van der Waals surface area (Å²) in [5.74, 6) is 0.516. The standard InChI is InChI=1S/C17H23N5O6S/c23-15-3-4-16(24)22(15)10-12-1-2-13-11-21(6-5-20(13)9-12)17-18-7-14(8-19-17)28-29(25,26)27/h7-8,12-13H,1-6,9-11H2,(H,25,26,27)/t12-,13-/m0/s1. The molecule has 1 N–H and O–H groups in total. The molecule has 3 saturated heterocycles. The van der Waals surface area contributed by atoms with Gasteiger partial charge in [0, 0.05) is 51.6 Å². The van der Waals surface area contributed by atoms with E-state index in [4.69, 9.17) is 4.55 Å². The van der Waals surface area contributed by atoms with Crippen LogP contribution in [0.4, 0.5) is 5.95 Å². The summed E-state index contributed by atoms with van der Waals surface area (Å²) in [4.78, 5) is 37.8. The summed E-state index contributed by atoms with van der Waals surface area (Å²) in [5.41, 5.74) is 0. The molecule has 158 valence electrons. The average molecular weight is 425 g/mol. The molecule has 0 radical (unpaired) electrons. The third-order valence-electron chi connectivity index (χ3n) is 5.70. The number of aromatic nitrogens is 2. The quantitative estimate of drug-likeness (QED) is 0.495. The maximum absolute atomic E-state index is 11.9. The molecule has 4 rings (SSSR count). The number of hydrogen-bond acceptors (Lipinski definition) is 9. The van der Waals surface area contributed by atoms with Crippen LogP contribution in [0.3, 0.4) is 0 Å². The number of amides is 2. The zero-order valence-electron chi connectivity index (χ0n) is 15.8. The van der Waals surface area contributed by atoms with E-state index in [0.717, 1.165) is 32.5 Å². The van der Waals surface area contributed by atoms with Crippen LogP contribution >= 0.6 is 0 Å². The number of rotatable bonds is 5. The highest BCUT2D eigenvalue weighted by atomic mass is 32.3. The lowest BCUT2D eigenvalue weighted by molar-refractivity contribution is -0.139. The van der Waals surface area contributed by atoms with Crippen LogP contribution < -0.4 is 9.08 Å². The summed E-state index contributed by atoms with van der Waals surface area (Å²) in [6.07, 6.45) is 5.00. The molecule has 0 unspecified atom stereocenters. The van der Waals surface area contributed by atoms with E-state index >= 15 is 0 Å². The summed E-state index contributed by atoms with van der Waals surface area (Å²) < 4.78 is 34.5. The molecule has 12 heteroatoms. The van der Waals surface area contributed by atoms with Gasteiger partial charge in [-0.25, -0.2) is 9.97 Å². The number of likely N-dealkylation sites (tertiary alicyclic amines) is 1. The molecule has 0 bridgehead atoms. The topological polar surface area (TPSA) is 133 Å². The van der Waals surface area contributed by atoms with Crippen LogP contribution in [0.2, 0.25) is 0 Å². The number of anilines is 1. The van der Waals surface area contributed by atoms with E-state index < -0.39 is 10.4 Å². The number of imide groups is 1. The van der Waals surface area contributed by atoms with Crippen molar-refractivity contribution in [1.82, 2.24) is 19.8 Å². The van der Waals surface area contributed by atoms with Crippen LogP contribution in [-0.2, 0) is 20.0 Å². The van der Waals surface area contributed by atoms with Crippen LogP contribution in [-0.4, -0.2) is 83.3 Å². The average Bonchev–Trinajstić information content (AvgIpc) is 2.99. The first-order chi connectivity index (χ1) is 13.8. The fourth-order valence-electron chi connectivity index (χ4n) is 4.31. The van der Waals surface area contributed by atoms with Crippen molar-refractivity contribution in [1.29, 1.82) is 0 Å². The molecular formula is C17H23N5O6S. The van der Waals surface area contributed by atoms with E-state index in [0.29, 0.717) is 43.8 Å². The number of carbonyl (C=O) groups excluding carboxylic acids is 2. The van der Waals surface area contributed by atoms with Gasteiger partial charge in [-0.2, -0.15) is 8.42 Å². The second kappa shape index (κ2) is 7.84. The normalized spacial score (nSPS) is 26.0. The first-order valence-electron chi connectivity index (χ1n) is 9.59. The lowest BCUT2D eigenvalue weighted by Gasteiger charge is -2.46. The molecule has 0 spiro atoms. The molecule has 2 atom stereocenters. The van der Waals surface area contributed by atoms with Gasteiger partial charge >= 0.3 is 10.4 Å². The highest BCUT2D eigenvalue weighted by molar-refractivity contribution is 7.81. The number of carbonyl (C=O) groups is 2. The molecule has 1 aromatic rings. The van der Waals surface area contributed by atoms with Crippen LogP contribution in [0.25, 0.3) is 0 Å². The fraction of sp³-hybridized carbons (Fsp3) is 0.647. The molecule has 0 aromatic carbocycles.